The molecular weight excluding hydrogens is 728 g/mol. The van der Waals surface area contributed by atoms with Gasteiger partial charge in [-0.25, -0.2) is 14.6 Å². The molecule has 1 unspecified atom stereocenters. The van der Waals surface area contributed by atoms with Crippen molar-refractivity contribution in [3.05, 3.63) is 86.8 Å². The average Bonchev–Trinajstić information content (AvgIpc) is 3.42. The minimum atomic E-state index is -1.42. The van der Waals surface area contributed by atoms with E-state index in [0.29, 0.717) is 66.7 Å². The molecule has 13 heteroatoms. The summed E-state index contributed by atoms with van der Waals surface area (Å²) in [5, 5.41) is 3.88. The quantitative estimate of drug-likeness (QED) is 0.111. The molecule has 11 nitrogen and oxygen atoms in total. The number of esters is 1. The highest BCUT2D eigenvalue weighted by molar-refractivity contribution is 7.17. The minimum Gasteiger partial charge on any atom is -0.444 e. The highest BCUT2D eigenvalue weighted by atomic mass is 35.5. The van der Waals surface area contributed by atoms with Crippen LogP contribution in [0.15, 0.2) is 59.6 Å². The van der Waals surface area contributed by atoms with Crippen LogP contribution in [0.4, 0.5) is 14.6 Å². The largest absolute Gasteiger partial charge is 0.444 e. The lowest BCUT2D eigenvalue weighted by Gasteiger charge is -2.30. The zero-order valence-corrected chi connectivity index (χ0v) is 33.6. The van der Waals surface area contributed by atoms with E-state index in [1.165, 1.54) is 11.3 Å². The van der Waals surface area contributed by atoms with Crippen LogP contribution in [0, 0.1) is 0 Å². The Morgan fingerprint density at radius 3 is 2.31 bits per heavy atom. The van der Waals surface area contributed by atoms with Gasteiger partial charge in [0.15, 0.2) is 0 Å². The number of aliphatic imine (C=N–C) groups is 1. The fraction of sp³-hybridized carbons (Fsp3) is 0.488. The van der Waals surface area contributed by atoms with Gasteiger partial charge in [0.25, 0.3) is 12.1 Å². The summed E-state index contributed by atoms with van der Waals surface area (Å²) in [6.45, 7) is 12.5. The number of halogens is 1. The van der Waals surface area contributed by atoms with Crippen molar-refractivity contribution in [1.29, 1.82) is 0 Å². The molecule has 3 amide bonds. The number of fused-ring (bicyclic) bond motifs is 3. The molecule has 290 valence electrons. The maximum atomic E-state index is 14.5. The Kier molecular flexibility index (Phi) is 13.4. The number of hydrogen-bond acceptors (Lipinski definition) is 9. The molecule has 0 spiro atoms. The molecule has 0 fully saturated rings. The van der Waals surface area contributed by atoms with Crippen LogP contribution in [0.1, 0.15) is 101 Å². The summed E-state index contributed by atoms with van der Waals surface area (Å²) in [5.41, 5.74) is 2.71. The molecule has 2 aromatic carbocycles. The fourth-order valence-corrected chi connectivity index (χ4v) is 7.86. The number of carbonyl (C=O) groups is 4. The summed E-state index contributed by atoms with van der Waals surface area (Å²) in [7, 11) is 0. The highest BCUT2D eigenvalue weighted by Gasteiger charge is 2.40. The first kappa shape index (κ1) is 40.8. The van der Waals surface area contributed by atoms with Gasteiger partial charge in [0.1, 0.15) is 16.2 Å². The molecule has 0 saturated heterocycles. The molecule has 1 aromatic heterocycles. The Labute approximate surface area is 327 Å². The SMILES string of the molecule is CC(C)(C)OC(=O)NCCCCCCC(=O)OC1N=C(c2ccccc2Cl)c2c(sc3c2CCN(C(=O)OC(C)(C)C)C3)N(CCc2ccccc2)C1=O. The summed E-state index contributed by atoms with van der Waals surface area (Å²) in [4.78, 5) is 62.1. The standard InChI is InChI=1S/C41H51ClN4O7S/c1-40(2,3)52-38(49)43-23-15-8-7-12-20-32(47)51-35-36(48)46(25-21-27-16-10-9-11-17-27)37-33(34(44-35)28-18-13-14-19-30(28)42)29-22-24-45(26-31(29)54-37)39(50)53-41(4,5)6/h9-11,13-14,16-19,35H,7-8,12,15,20-26H2,1-6H3,(H,43,49). The van der Waals surface area contributed by atoms with Crippen molar-refractivity contribution in [2.45, 2.75) is 110 Å². The Balaban J connectivity index is 1.39. The number of carbonyl (C=O) groups excluding carboxylic acids is 4. The molecule has 1 N–H and O–H groups in total. The van der Waals surface area contributed by atoms with Crippen LogP contribution < -0.4 is 10.2 Å². The fourth-order valence-electron chi connectivity index (χ4n) is 6.24. The van der Waals surface area contributed by atoms with Crippen molar-refractivity contribution in [1.82, 2.24) is 10.2 Å². The van der Waals surface area contributed by atoms with Crippen LogP contribution in [0.5, 0.6) is 0 Å². The lowest BCUT2D eigenvalue weighted by Crippen LogP contribution is -2.41. The van der Waals surface area contributed by atoms with E-state index < -0.39 is 41.5 Å². The number of unbranched alkanes of at least 4 members (excludes halogenated alkanes) is 3. The van der Waals surface area contributed by atoms with E-state index >= 15 is 0 Å². The van der Waals surface area contributed by atoms with Gasteiger partial charge in [-0.2, -0.15) is 0 Å². The van der Waals surface area contributed by atoms with Gasteiger partial charge < -0.3 is 24.4 Å². The number of ether oxygens (including phenoxy) is 3. The second-order valence-electron chi connectivity index (χ2n) is 15.5. The molecule has 0 saturated carbocycles. The molecule has 1 atom stereocenters. The van der Waals surface area contributed by atoms with E-state index in [2.05, 4.69) is 5.32 Å². The van der Waals surface area contributed by atoms with Gasteiger partial charge in [-0.15, -0.1) is 11.3 Å². The summed E-state index contributed by atoms with van der Waals surface area (Å²) in [6.07, 6.45) is 1.75. The molecular formula is C41H51ClN4O7S. The Morgan fingerprint density at radius 1 is 0.926 bits per heavy atom. The third-order valence-corrected chi connectivity index (χ3v) is 10.3. The van der Waals surface area contributed by atoms with Crippen LogP contribution in [0.25, 0.3) is 0 Å². The van der Waals surface area contributed by atoms with Crippen molar-refractivity contribution in [2.24, 2.45) is 4.99 Å². The van der Waals surface area contributed by atoms with Crippen molar-refractivity contribution < 1.29 is 33.4 Å². The Hall–Kier alpha value is -4.42. The van der Waals surface area contributed by atoms with Crippen molar-refractivity contribution in [3.63, 3.8) is 0 Å². The molecule has 3 heterocycles. The molecule has 2 aliphatic rings. The normalized spacial score (nSPS) is 15.8. The topological polar surface area (TPSA) is 127 Å². The number of amides is 3. The van der Waals surface area contributed by atoms with Crippen molar-refractivity contribution in [2.75, 3.05) is 24.5 Å². The van der Waals surface area contributed by atoms with Gasteiger partial charge in [-0.1, -0.05) is 73.0 Å². The van der Waals surface area contributed by atoms with Crippen LogP contribution >= 0.6 is 22.9 Å². The number of hydrogen-bond donors (Lipinski definition) is 1. The minimum absolute atomic E-state index is 0.113. The van der Waals surface area contributed by atoms with Crippen molar-refractivity contribution in [3.8, 4) is 0 Å². The molecule has 5 rings (SSSR count). The van der Waals surface area contributed by atoms with E-state index in [9.17, 15) is 19.2 Å². The number of thiophene rings is 1. The first-order valence-corrected chi connectivity index (χ1v) is 19.8. The molecule has 2 aliphatic heterocycles. The number of rotatable bonds is 12. The van der Waals surface area contributed by atoms with Crippen LogP contribution in [-0.2, 0) is 43.2 Å². The molecule has 54 heavy (non-hydrogen) atoms. The summed E-state index contributed by atoms with van der Waals surface area (Å²) >= 11 is 8.25. The van der Waals surface area contributed by atoms with E-state index in [1.54, 1.807) is 15.9 Å². The van der Waals surface area contributed by atoms with E-state index in [4.69, 9.17) is 30.8 Å². The first-order chi connectivity index (χ1) is 25.6. The zero-order chi connectivity index (χ0) is 39.0. The van der Waals surface area contributed by atoms with Gasteiger partial charge in [0.2, 0.25) is 0 Å². The number of nitrogens with one attached hydrogen (secondary N) is 1. The monoisotopic (exact) mass is 778 g/mol. The Morgan fingerprint density at radius 2 is 1.61 bits per heavy atom. The average molecular weight is 779 g/mol. The Bertz CT molecular complexity index is 1850. The predicted octanol–water partition coefficient (Wildman–Crippen LogP) is 8.47. The summed E-state index contributed by atoms with van der Waals surface area (Å²) < 4.78 is 16.9. The lowest BCUT2D eigenvalue weighted by atomic mass is 9.95. The summed E-state index contributed by atoms with van der Waals surface area (Å²) in [6, 6.07) is 17.2. The second-order valence-corrected chi connectivity index (χ2v) is 16.9. The number of anilines is 1. The molecule has 0 aliphatic carbocycles. The number of nitrogens with zero attached hydrogens (tertiary/aromatic N) is 3. The van der Waals surface area contributed by atoms with E-state index in [1.807, 2.05) is 90.1 Å². The molecule has 0 radical (unpaired) electrons. The van der Waals surface area contributed by atoms with E-state index in [-0.39, 0.29) is 6.42 Å². The van der Waals surface area contributed by atoms with Crippen LogP contribution in [-0.4, -0.2) is 71.7 Å². The predicted molar refractivity (Wildman–Crippen MR) is 211 cm³/mol. The summed E-state index contributed by atoms with van der Waals surface area (Å²) in [5.74, 6) is -0.968. The van der Waals surface area contributed by atoms with Gasteiger partial charge in [0, 0.05) is 47.1 Å². The van der Waals surface area contributed by atoms with Gasteiger partial charge in [0.05, 0.1) is 12.3 Å². The van der Waals surface area contributed by atoms with E-state index in [0.717, 1.165) is 40.8 Å². The zero-order valence-electron chi connectivity index (χ0n) is 32.0. The first-order valence-electron chi connectivity index (χ1n) is 18.6. The highest BCUT2D eigenvalue weighted by Crippen LogP contribution is 2.43. The van der Waals surface area contributed by atoms with Crippen LogP contribution in [0.3, 0.4) is 0 Å². The smallest absolute Gasteiger partial charge is 0.410 e. The van der Waals surface area contributed by atoms with Gasteiger partial charge in [-0.3, -0.25) is 14.5 Å². The van der Waals surface area contributed by atoms with Crippen LogP contribution in [0.2, 0.25) is 5.02 Å². The third-order valence-electron chi connectivity index (χ3n) is 8.71. The third kappa shape index (κ3) is 11.1. The number of alkyl carbamates (subject to hydrolysis) is 1. The molecule has 0 bridgehead atoms. The maximum absolute atomic E-state index is 14.5. The maximum Gasteiger partial charge on any atom is 0.410 e. The van der Waals surface area contributed by atoms with Gasteiger partial charge >= 0.3 is 18.2 Å². The van der Waals surface area contributed by atoms with Gasteiger partial charge in [-0.05, 0) is 84.4 Å². The lowest BCUT2D eigenvalue weighted by molar-refractivity contribution is -0.154. The number of benzene rings is 2. The second kappa shape index (κ2) is 17.8. The molecule has 3 aromatic rings. The van der Waals surface area contributed by atoms with Crippen molar-refractivity contribution >= 4 is 57.7 Å².